The van der Waals surface area contributed by atoms with E-state index in [1.54, 1.807) is 29.5 Å². The fourth-order valence-corrected chi connectivity index (χ4v) is 3.72. The molecule has 1 aromatic heterocycles. The first-order valence-corrected chi connectivity index (χ1v) is 8.91. The van der Waals surface area contributed by atoms with Gasteiger partial charge in [-0.15, -0.1) is 11.3 Å². The Morgan fingerprint density at radius 1 is 1.21 bits per heavy atom. The normalized spacial score (nSPS) is 16.0. The van der Waals surface area contributed by atoms with E-state index in [9.17, 15) is 9.18 Å². The highest BCUT2D eigenvalue weighted by atomic mass is 32.1. The lowest BCUT2D eigenvalue weighted by Crippen LogP contribution is -2.38. The molecule has 2 aromatic rings. The third kappa shape index (κ3) is 4.10. The molecule has 0 aliphatic carbocycles. The molecule has 0 atom stereocenters. The molecule has 1 N–H and O–H groups in total. The van der Waals surface area contributed by atoms with Crippen molar-refractivity contribution >= 4 is 23.3 Å². The van der Waals surface area contributed by atoms with Crippen molar-refractivity contribution in [2.75, 3.05) is 19.7 Å². The van der Waals surface area contributed by atoms with Crippen LogP contribution in [0.5, 0.6) is 0 Å². The molecule has 0 unspecified atom stereocenters. The Bertz CT molecular complexity index is 715. The number of hydrogen-bond donors (Lipinski definition) is 1. The molecular formula is C19H20FNO2S. The number of carbonyl (C=O) groups is 1. The van der Waals surface area contributed by atoms with Crippen LogP contribution in [0.1, 0.15) is 17.7 Å². The summed E-state index contributed by atoms with van der Waals surface area (Å²) in [5.41, 5.74) is 0.971. The standard InChI is InChI=1S/C19H20FNO2S/c20-16-3-1-15(2-4-16)18-7-5-17(24-18)6-8-19(23)21-11-9-14(13-22)10-12-21/h1-8,14,22H,9-13H2/b8-6+. The Kier molecular flexibility index (Phi) is 5.43. The van der Waals surface area contributed by atoms with Crippen LogP contribution in [-0.4, -0.2) is 35.6 Å². The fourth-order valence-electron chi connectivity index (χ4n) is 2.81. The van der Waals surface area contributed by atoms with Gasteiger partial charge in [-0.1, -0.05) is 12.1 Å². The molecule has 1 aromatic carbocycles. The summed E-state index contributed by atoms with van der Waals surface area (Å²) in [4.78, 5) is 16.1. The minimum Gasteiger partial charge on any atom is -0.396 e. The van der Waals surface area contributed by atoms with Crippen molar-refractivity contribution in [3.63, 3.8) is 0 Å². The molecule has 1 fully saturated rings. The second kappa shape index (κ2) is 7.73. The van der Waals surface area contributed by atoms with Gasteiger partial charge in [0.25, 0.3) is 0 Å². The van der Waals surface area contributed by atoms with Crippen LogP contribution in [0.25, 0.3) is 16.5 Å². The maximum atomic E-state index is 13.0. The zero-order chi connectivity index (χ0) is 16.9. The lowest BCUT2D eigenvalue weighted by Gasteiger charge is -2.30. The topological polar surface area (TPSA) is 40.5 Å². The molecule has 1 aliphatic rings. The number of amides is 1. The van der Waals surface area contributed by atoms with Gasteiger partial charge in [-0.2, -0.15) is 0 Å². The van der Waals surface area contributed by atoms with Crippen LogP contribution < -0.4 is 0 Å². The zero-order valence-corrected chi connectivity index (χ0v) is 14.1. The van der Waals surface area contributed by atoms with Crippen LogP contribution in [0, 0.1) is 11.7 Å². The number of likely N-dealkylation sites (tertiary alicyclic amines) is 1. The third-order valence-electron chi connectivity index (χ3n) is 4.33. The van der Waals surface area contributed by atoms with Gasteiger partial charge in [0.15, 0.2) is 0 Å². The first kappa shape index (κ1) is 16.9. The molecular weight excluding hydrogens is 325 g/mol. The summed E-state index contributed by atoms with van der Waals surface area (Å²) in [6, 6.07) is 10.4. The third-order valence-corrected chi connectivity index (χ3v) is 5.43. The van der Waals surface area contributed by atoms with Gasteiger partial charge in [0.1, 0.15) is 5.82 Å². The van der Waals surface area contributed by atoms with Crippen molar-refractivity contribution in [2.45, 2.75) is 12.8 Å². The molecule has 3 rings (SSSR count). The molecule has 2 heterocycles. The fraction of sp³-hybridized carbons (Fsp3) is 0.316. The first-order valence-electron chi connectivity index (χ1n) is 8.09. The van der Waals surface area contributed by atoms with Gasteiger partial charge in [-0.3, -0.25) is 4.79 Å². The minimum atomic E-state index is -0.244. The van der Waals surface area contributed by atoms with E-state index in [2.05, 4.69) is 0 Å². The van der Waals surface area contributed by atoms with Gasteiger partial charge >= 0.3 is 0 Å². The van der Waals surface area contributed by atoms with Gasteiger partial charge in [0.2, 0.25) is 5.91 Å². The van der Waals surface area contributed by atoms with Crippen LogP contribution >= 0.6 is 11.3 Å². The summed E-state index contributed by atoms with van der Waals surface area (Å²) in [7, 11) is 0. The Labute approximate surface area is 145 Å². The average Bonchev–Trinajstić information content (AvgIpc) is 3.09. The second-order valence-corrected chi connectivity index (χ2v) is 7.11. The Hall–Kier alpha value is -1.98. The molecule has 0 saturated carbocycles. The number of aliphatic hydroxyl groups is 1. The molecule has 5 heteroatoms. The van der Waals surface area contributed by atoms with Crippen molar-refractivity contribution in [1.82, 2.24) is 4.90 Å². The van der Waals surface area contributed by atoms with Gasteiger partial charge in [-0.05, 0) is 54.7 Å². The van der Waals surface area contributed by atoms with Crippen LogP contribution in [0.4, 0.5) is 4.39 Å². The molecule has 0 spiro atoms. The van der Waals surface area contributed by atoms with Crippen molar-refractivity contribution in [3.05, 3.63) is 53.2 Å². The quantitative estimate of drug-likeness (QED) is 0.857. The maximum absolute atomic E-state index is 13.0. The number of hydrogen-bond acceptors (Lipinski definition) is 3. The highest BCUT2D eigenvalue weighted by Crippen LogP contribution is 2.29. The lowest BCUT2D eigenvalue weighted by atomic mass is 9.98. The molecule has 1 saturated heterocycles. The Morgan fingerprint density at radius 3 is 2.58 bits per heavy atom. The van der Waals surface area contributed by atoms with E-state index in [1.165, 1.54) is 12.1 Å². The summed E-state index contributed by atoms with van der Waals surface area (Å²) in [5, 5.41) is 9.14. The number of benzene rings is 1. The van der Waals surface area contributed by atoms with Crippen molar-refractivity contribution in [3.8, 4) is 10.4 Å². The largest absolute Gasteiger partial charge is 0.396 e. The highest BCUT2D eigenvalue weighted by Gasteiger charge is 2.20. The number of rotatable bonds is 4. The van der Waals surface area contributed by atoms with Crippen LogP contribution in [0.15, 0.2) is 42.5 Å². The molecule has 1 amide bonds. The number of thiophene rings is 1. The van der Waals surface area contributed by atoms with Gasteiger partial charge in [0.05, 0.1) is 0 Å². The Balaban J connectivity index is 1.61. The number of aliphatic hydroxyl groups excluding tert-OH is 1. The summed E-state index contributed by atoms with van der Waals surface area (Å²) in [6.45, 7) is 1.62. The molecule has 3 nitrogen and oxygen atoms in total. The monoisotopic (exact) mass is 345 g/mol. The number of nitrogens with zero attached hydrogens (tertiary/aromatic N) is 1. The summed E-state index contributed by atoms with van der Waals surface area (Å²) in [6.07, 6.45) is 5.17. The Morgan fingerprint density at radius 2 is 1.92 bits per heavy atom. The van der Waals surface area contributed by atoms with Crippen molar-refractivity contribution in [1.29, 1.82) is 0 Å². The van der Waals surface area contributed by atoms with E-state index >= 15 is 0 Å². The van der Waals surface area contributed by atoms with Crippen molar-refractivity contribution in [2.24, 2.45) is 5.92 Å². The summed E-state index contributed by atoms with van der Waals surface area (Å²) in [5.74, 6) is 0.0997. The van der Waals surface area contributed by atoms with E-state index in [0.717, 1.165) is 28.2 Å². The maximum Gasteiger partial charge on any atom is 0.246 e. The predicted octanol–water partition coefficient (Wildman–Crippen LogP) is 3.80. The van der Waals surface area contributed by atoms with Crippen molar-refractivity contribution < 1.29 is 14.3 Å². The lowest BCUT2D eigenvalue weighted by molar-refractivity contribution is -0.127. The number of halogens is 1. The smallest absolute Gasteiger partial charge is 0.246 e. The summed E-state index contributed by atoms with van der Waals surface area (Å²) < 4.78 is 13.0. The van der Waals surface area contributed by atoms with Crippen LogP contribution in [0.3, 0.4) is 0 Å². The van der Waals surface area contributed by atoms with E-state index in [4.69, 9.17) is 5.11 Å². The molecule has 0 radical (unpaired) electrons. The molecule has 126 valence electrons. The first-order chi connectivity index (χ1) is 11.7. The van der Waals surface area contributed by atoms with E-state index < -0.39 is 0 Å². The minimum absolute atomic E-state index is 0.0168. The second-order valence-electron chi connectivity index (χ2n) is 5.99. The molecule has 1 aliphatic heterocycles. The summed E-state index contributed by atoms with van der Waals surface area (Å²) >= 11 is 1.57. The zero-order valence-electron chi connectivity index (χ0n) is 13.3. The predicted molar refractivity (Wildman–Crippen MR) is 95.1 cm³/mol. The van der Waals surface area contributed by atoms with Crippen LogP contribution in [-0.2, 0) is 4.79 Å². The van der Waals surface area contributed by atoms with E-state index in [-0.39, 0.29) is 18.3 Å². The number of piperidine rings is 1. The van der Waals surface area contributed by atoms with Gasteiger partial charge < -0.3 is 10.0 Å². The van der Waals surface area contributed by atoms with Crippen LogP contribution in [0.2, 0.25) is 0 Å². The number of carbonyl (C=O) groups excluding carboxylic acids is 1. The highest BCUT2D eigenvalue weighted by molar-refractivity contribution is 7.16. The SMILES string of the molecule is O=C(/C=C/c1ccc(-c2ccc(F)cc2)s1)N1CCC(CO)CC1. The van der Waals surface area contributed by atoms with Gasteiger partial charge in [0, 0.05) is 35.5 Å². The molecule has 24 heavy (non-hydrogen) atoms. The molecule has 0 bridgehead atoms. The average molecular weight is 345 g/mol. The van der Waals surface area contributed by atoms with Gasteiger partial charge in [-0.25, -0.2) is 4.39 Å². The van der Waals surface area contributed by atoms with E-state index in [1.807, 2.05) is 23.1 Å². The van der Waals surface area contributed by atoms with E-state index in [0.29, 0.717) is 19.0 Å².